The highest BCUT2D eigenvalue weighted by molar-refractivity contribution is 9.10. The summed E-state index contributed by atoms with van der Waals surface area (Å²) in [7, 11) is 0. The standard InChI is InChI=1S/C11H16BrNO/c1-8(7-14)6-13-11-4-3-10(12)5-9(11)2/h3-5,8,13-14H,6-7H2,1-2H3. The number of aryl methyl sites for hydroxylation is 1. The summed E-state index contributed by atoms with van der Waals surface area (Å²) < 4.78 is 1.09. The van der Waals surface area contributed by atoms with Gasteiger partial charge in [-0.3, -0.25) is 0 Å². The number of hydrogen-bond donors (Lipinski definition) is 2. The number of halogens is 1. The molecule has 0 fully saturated rings. The molecule has 0 amide bonds. The van der Waals surface area contributed by atoms with Gasteiger partial charge in [-0.25, -0.2) is 0 Å². The van der Waals surface area contributed by atoms with Crippen LogP contribution in [0.4, 0.5) is 5.69 Å². The Morgan fingerprint density at radius 3 is 2.79 bits per heavy atom. The highest BCUT2D eigenvalue weighted by atomic mass is 79.9. The second kappa shape index (κ2) is 5.37. The average molecular weight is 258 g/mol. The van der Waals surface area contributed by atoms with E-state index in [1.54, 1.807) is 0 Å². The summed E-state index contributed by atoms with van der Waals surface area (Å²) in [6.07, 6.45) is 0. The minimum absolute atomic E-state index is 0.225. The highest BCUT2D eigenvalue weighted by Gasteiger charge is 2.01. The van der Waals surface area contributed by atoms with E-state index in [9.17, 15) is 0 Å². The fourth-order valence-corrected chi connectivity index (χ4v) is 1.65. The predicted molar refractivity (Wildman–Crippen MR) is 63.6 cm³/mol. The predicted octanol–water partition coefficient (Wildman–Crippen LogP) is 2.80. The van der Waals surface area contributed by atoms with Crippen molar-refractivity contribution in [2.45, 2.75) is 13.8 Å². The SMILES string of the molecule is Cc1cc(Br)ccc1NCC(C)CO. The first-order valence-corrected chi connectivity index (χ1v) is 5.53. The highest BCUT2D eigenvalue weighted by Crippen LogP contribution is 2.20. The number of aliphatic hydroxyl groups is 1. The summed E-state index contributed by atoms with van der Waals surface area (Å²) in [6.45, 7) is 5.11. The third-order valence-electron chi connectivity index (χ3n) is 2.14. The topological polar surface area (TPSA) is 32.3 Å². The molecule has 78 valence electrons. The Balaban J connectivity index is 2.59. The third kappa shape index (κ3) is 3.31. The van der Waals surface area contributed by atoms with Crippen LogP contribution in [0.15, 0.2) is 22.7 Å². The van der Waals surface area contributed by atoms with E-state index < -0.39 is 0 Å². The molecule has 0 aliphatic heterocycles. The minimum atomic E-state index is 0.225. The van der Waals surface area contributed by atoms with Gasteiger partial charge in [0.2, 0.25) is 0 Å². The molecule has 14 heavy (non-hydrogen) atoms. The van der Waals surface area contributed by atoms with Crippen molar-refractivity contribution in [3.8, 4) is 0 Å². The molecule has 0 aromatic heterocycles. The number of aliphatic hydroxyl groups excluding tert-OH is 1. The van der Waals surface area contributed by atoms with Crippen LogP contribution in [-0.2, 0) is 0 Å². The van der Waals surface area contributed by atoms with Gasteiger partial charge in [-0.2, -0.15) is 0 Å². The van der Waals surface area contributed by atoms with Crippen molar-refractivity contribution in [3.63, 3.8) is 0 Å². The Morgan fingerprint density at radius 1 is 1.50 bits per heavy atom. The summed E-state index contributed by atoms with van der Waals surface area (Å²) in [5, 5.41) is 12.2. The lowest BCUT2D eigenvalue weighted by Crippen LogP contribution is -2.14. The zero-order valence-corrected chi connectivity index (χ0v) is 10.1. The molecule has 1 aromatic carbocycles. The summed E-state index contributed by atoms with van der Waals surface area (Å²) in [4.78, 5) is 0. The molecule has 0 saturated carbocycles. The molecule has 2 nitrogen and oxygen atoms in total. The van der Waals surface area contributed by atoms with Gasteiger partial charge in [0.15, 0.2) is 0 Å². The molecule has 3 heteroatoms. The molecule has 2 N–H and O–H groups in total. The largest absolute Gasteiger partial charge is 0.396 e. The first-order valence-electron chi connectivity index (χ1n) is 4.74. The van der Waals surface area contributed by atoms with Crippen molar-refractivity contribution in [2.75, 3.05) is 18.5 Å². The molecule has 0 bridgehead atoms. The molecule has 0 heterocycles. The number of hydrogen-bond acceptors (Lipinski definition) is 2. The monoisotopic (exact) mass is 257 g/mol. The maximum absolute atomic E-state index is 8.88. The Bertz CT molecular complexity index is 301. The fraction of sp³-hybridized carbons (Fsp3) is 0.455. The van der Waals surface area contributed by atoms with Crippen molar-refractivity contribution in [1.29, 1.82) is 0 Å². The summed E-state index contributed by atoms with van der Waals surface area (Å²) >= 11 is 3.42. The average Bonchev–Trinajstić information content (AvgIpc) is 2.16. The molecule has 1 aromatic rings. The lowest BCUT2D eigenvalue weighted by Gasteiger charge is -2.13. The van der Waals surface area contributed by atoms with Crippen molar-refractivity contribution >= 4 is 21.6 Å². The zero-order chi connectivity index (χ0) is 10.6. The lowest BCUT2D eigenvalue weighted by molar-refractivity contribution is 0.244. The molecule has 0 saturated heterocycles. The number of anilines is 1. The van der Waals surface area contributed by atoms with E-state index in [0.717, 1.165) is 16.7 Å². The van der Waals surface area contributed by atoms with E-state index in [1.807, 2.05) is 19.1 Å². The van der Waals surface area contributed by atoms with Crippen LogP contribution in [-0.4, -0.2) is 18.3 Å². The molecule has 0 aliphatic carbocycles. The fourth-order valence-electron chi connectivity index (χ4n) is 1.17. The van der Waals surface area contributed by atoms with Crippen LogP contribution < -0.4 is 5.32 Å². The van der Waals surface area contributed by atoms with Crippen molar-refractivity contribution in [1.82, 2.24) is 0 Å². The zero-order valence-electron chi connectivity index (χ0n) is 8.55. The van der Waals surface area contributed by atoms with Crippen LogP contribution in [0.5, 0.6) is 0 Å². The van der Waals surface area contributed by atoms with E-state index >= 15 is 0 Å². The van der Waals surface area contributed by atoms with Gasteiger partial charge in [0, 0.05) is 23.3 Å². The second-order valence-corrected chi connectivity index (χ2v) is 4.54. The second-order valence-electron chi connectivity index (χ2n) is 3.63. The van der Waals surface area contributed by atoms with E-state index in [4.69, 9.17) is 5.11 Å². The Labute approximate surface area is 93.5 Å². The molecular weight excluding hydrogens is 242 g/mol. The van der Waals surface area contributed by atoms with Crippen molar-refractivity contribution in [2.24, 2.45) is 5.92 Å². The Morgan fingerprint density at radius 2 is 2.21 bits per heavy atom. The number of benzene rings is 1. The van der Waals surface area contributed by atoms with Crippen LogP contribution in [0, 0.1) is 12.8 Å². The molecule has 0 radical (unpaired) electrons. The molecule has 1 unspecified atom stereocenters. The minimum Gasteiger partial charge on any atom is -0.396 e. The van der Waals surface area contributed by atoms with Gasteiger partial charge in [-0.1, -0.05) is 22.9 Å². The quantitative estimate of drug-likeness (QED) is 0.870. The first-order chi connectivity index (χ1) is 6.63. The molecule has 1 atom stereocenters. The van der Waals surface area contributed by atoms with Gasteiger partial charge in [-0.05, 0) is 36.6 Å². The Kier molecular flexibility index (Phi) is 4.42. The van der Waals surface area contributed by atoms with Crippen LogP contribution >= 0.6 is 15.9 Å². The summed E-state index contributed by atoms with van der Waals surface area (Å²) in [5.74, 6) is 0.290. The maximum atomic E-state index is 8.88. The van der Waals surface area contributed by atoms with Gasteiger partial charge in [0.25, 0.3) is 0 Å². The normalized spacial score (nSPS) is 12.6. The number of nitrogens with one attached hydrogen (secondary N) is 1. The van der Waals surface area contributed by atoms with Crippen LogP contribution in [0.1, 0.15) is 12.5 Å². The van der Waals surface area contributed by atoms with Gasteiger partial charge in [0.1, 0.15) is 0 Å². The summed E-state index contributed by atoms with van der Waals surface area (Å²) in [5.41, 5.74) is 2.35. The van der Waals surface area contributed by atoms with Gasteiger partial charge in [-0.15, -0.1) is 0 Å². The van der Waals surface area contributed by atoms with Gasteiger partial charge in [0.05, 0.1) is 0 Å². The van der Waals surface area contributed by atoms with E-state index in [-0.39, 0.29) is 12.5 Å². The molecule has 1 rings (SSSR count). The molecule has 0 spiro atoms. The third-order valence-corrected chi connectivity index (χ3v) is 2.63. The smallest absolute Gasteiger partial charge is 0.0473 e. The number of rotatable bonds is 4. The summed E-state index contributed by atoms with van der Waals surface area (Å²) in [6, 6.07) is 6.13. The van der Waals surface area contributed by atoms with E-state index in [1.165, 1.54) is 5.56 Å². The lowest BCUT2D eigenvalue weighted by atomic mass is 10.1. The first kappa shape index (κ1) is 11.5. The van der Waals surface area contributed by atoms with Crippen molar-refractivity contribution < 1.29 is 5.11 Å². The van der Waals surface area contributed by atoms with Crippen LogP contribution in [0.2, 0.25) is 0 Å². The Hall–Kier alpha value is -0.540. The van der Waals surface area contributed by atoms with Crippen LogP contribution in [0.25, 0.3) is 0 Å². The van der Waals surface area contributed by atoms with Gasteiger partial charge >= 0.3 is 0 Å². The van der Waals surface area contributed by atoms with Crippen molar-refractivity contribution in [3.05, 3.63) is 28.2 Å². The van der Waals surface area contributed by atoms with E-state index in [2.05, 4.69) is 34.2 Å². The van der Waals surface area contributed by atoms with E-state index in [0.29, 0.717) is 0 Å². The van der Waals surface area contributed by atoms with Gasteiger partial charge < -0.3 is 10.4 Å². The maximum Gasteiger partial charge on any atom is 0.0473 e. The molecule has 0 aliphatic rings. The van der Waals surface area contributed by atoms with Crippen LogP contribution in [0.3, 0.4) is 0 Å². The molecular formula is C11H16BrNO.